The predicted molar refractivity (Wildman–Crippen MR) is 162 cm³/mol. The number of rotatable bonds is 9. The lowest BCUT2D eigenvalue weighted by Gasteiger charge is -2.42. The number of nitrogens with zero attached hydrogens (tertiary/aromatic N) is 1. The first kappa shape index (κ1) is 30.1. The number of ether oxygens (including phenoxy) is 1. The molecule has 7 nitrogen and oxygen atoms in total. The molecule has 2 amide bonds. The molecule has 1 aliphatic carbocycles. The van der Waals surface area contributed by atoms with Gasteiger partial charge in [0.2, 0.25) is 5.91 Å². The fourth-order valence-corrected chi connectivity index (χ4v) is 12.8. The van der Waals surface area contributed by atoms with Gasteiger partial charge in [-0.25, -0.2) is 0 Å². The van der Waals surface area contributed by atoms with E-state index in [1.54, 1.807) is 4.90 Å². The van der Waals surface area contributed by atoms with Crippen molar-refractivity contribution >= 4 is 34.1 Å². The van der Waals surface area contributed by atoms with Gasteiger partial charge in [-0.15, -0.1) is 0 Å². The third kappa shape index (κ3) is 5.68. The molecule has 2 aliphatic heterocycles. The van der Waals surface area contributed by atoms with Gasteiger partial charge in [0.15, 0.2) is 14.1 Å². The molecule has 39 heavy (non-hydrogen) atoms. The number of anilines is 1. The van der Waals surface area contributed by atoms with Crippen LogP contribution in [0.25, 0.3) is 0 Å². The van der Waals surface area contributed by atoms with Crippen molar-refractivity contribution in [3.8, 4) is 11.5 Å². The van der Waals surface area contributed by atoms with Crippen LogP contribution in [0.15, 0.2) is 12.1 Å². The Hall–Kier alpha value is -1.85. The van der Waals surface area contributed by atoms with Crippen molar-refractivity contribution < 1.29 is 23.2 Å². The molecule has 0 unspecified atom stereocenters. The summed E-state index contributed by atoms with van der Waals surface area (Å²) in [5.74, 6) is 0.953. The van der Waals surface area contributed by atoms with Gasteiger partial charge in [-0.1, -0.05) is 62.3 Å². The summed E-state index contributed by atoms with van der Waals surface area (Å²) >= 11 is 0. The Kier molecular flexibility index (Phi) is 8.13. The van der Waals surface area contributed by atoms with Crippen LogP contribution in [0.2, 0.25) is 34.8 Å². The monoisotopic (exact) mass is 574 g/mol. The van der Waals surface area contributed by atoms with E-state index in [4.69, 9.17) is 13.6 Å². The molecule has 0 aromatic heterocycles. The first-order chi connectivity index (χ1) is 18.0. The number of benzene rings is 1. The summed E-state index contributed by atoms with van der Waals surface area (Å²) < 4.78 is 20.0. The number of hydrogen-bond donors (Lipinski definition) is 1. The van der Waals surface area contributed by atoms with E-state index in [-0.39, 0.29) is 29.1 Å². The lowest BCUT2D eigenvalue weighted by molar-refractivity contribution is -0.119. The largest absolute Gasteiger partial charge is 0.540 e. The molecule has 0 bridgehead atoms. The van der Waals surface area contributed by atoms with Crippen LogP contribution in [0, 0.1) is 0 Å². The Morgan fingerprint density at radius 2 is 1.51 bits per heavy atom. The van der Waals surface area contributed by atoms with Gasteiger partial charge in [0.05, 0.1) is 23.5 Å². The lowest BCUT2D eigenvalue weighted by Crippen LogP contribution is -2.50. The summed E-state index contributed by atoms with van der Waals surface area (Å²) in [5.41, 5.74) is 2.12. The van der Waals surface area contributed by atoms with Gasteiger partial charge in [-0.05, 0) is 53.7 Å². The molecule has 1 saturated heterocycles. The standard InChI is InChI=1S/C30H50N2O5Si2/c1-18(2)39(19(3)4,20(5)6)37-27-16-24-23(15-26(27)35-21-12-13-21)29(34)32-17-22(14-25(32)28(33)31-24)36-38(10,11)30(7,8)9/h15-16,18-22,25H,12-14,17H2,1-11H3,(H,31,33)/t22-,25+/m1/s1. The zero-order valence-corrected chi connectivity index (χ0v) is 27.9. The zero-order chi connectivity index (χ0) is 29.1. The summed E-state index contributed by atoms with van der Waals surface area (Å²) in [6, 6.07) is 3.12. The Morgan fingerprint density at radius 3 is 2.03 bits per heavy atom. The van der Waals surface area contributed by atoms with Gasteiger partial charge in [0.1, 0.15) is 11.8 Å². The van der Waals surface area contributed by atoms with Gasteiger partial charge in [-0.2, -0.15) is 0 Å². The van der Waals surface area contributed by atoms with Crippen LogP contribution in [-0.2, 0) is 9.22 Å². The lowest BCUT2D eigenvalue weighted by atomic mass is 10.1. The Balaban J connectivity index is 1.70. The third-order valence-corrected chi connectivity index (χ3v) is 20.0. The van der Waals surface area contributed by atoms with Crippen LogP contribution in [0.5, 0.6) is 11.5 Å². The number of carbonyl (C=O) groups is 2. The second kappa shape index (κ2) is 10.5. The number of amides is 2. The first-order valence-corrected chi connectivity index (χ1v) is 19.9. The highest BCUT2D eigenvalue weighted by molar-refractivity contribution is 6.78. The molecule has 218 valence electrons. The Morgan fingerprint density at radius 1 is 0.923 bits per heavy atom. The number of carbonyl (C=O) groups excluding carboxylic acids is 2. The van der Waals surface area contributed by atoms with Crippen molar-refractivity contribution in [1.82, 2.24) is 4.90 Å². The molecule has 1 N–H and O–H groups in total. The SMILES string of the molecule is CC(C)[Si](Oc1cc2c(cc1OC1CC1)C(=O)N1C[C@H](O[Si](C)(C)C(C)(C)C)C[C@H]1C(=O)N2)(C(C)C)C(C)C. The predicted octanol–water partition coefficient (Wildman–Crippen LogP) is 7.34. The van der Waals surface area contributed by atoms with Crippen LogP contribution in [0.4, 0.5) is 5.69 Å². The summed E-state index contributed by atoms with van der Waals surface area (Å²) in [6.45, 7) is 25.0. The van der Waals surface area contributed by atoms with E-state index in [1.807, 2.05) is 12.1 Å². The summed E-state index contributed by atoms with van der Waals surface area (Å²) in [7, 11) is -4.34. The van der Waals surface area contributed by atoms with Gasteiger partial charge in [0, 0.05) is 19.0 Å². The quantitative estimate of drug-likeness (QED) is 0.312. The molecule has 1 aromatic carbocycles. The molecular formula is C30H50N2O5Si2. The second-order valence-corrected chi connectivity index (χ2v) is 24.4. The Labute approximate surface area is 237 Å². The van der Waals surface area contributed by atoms with Crippen LogP contribution in [-0.4, -0.2) is 58.1 Å². The Bertz CT molecular complexity index is 1090. The van der Waals surface area contributed by atoms with E-state index in [2.05, 4.69) is 80.7 Å². The zero-order valence-electron chi connectivity index (χ0n) is 25.9. The average Bonchev–Trinajstić information content (AvgIpc) is 3.53. The normalized spacial score (nSPS) is 22.3. The third-order valence-electron chi connectivity index (χ3n) is 9.48. The average molecular weight is 575 g/mol. The molecule has 2 atom stereocenters. The van der Waals surface area contributed by atoms with Crippen molar-refractivity contribution in [3.63, 3.8) is 0 Å². The van der Waals surface area contributed by atoms with Gasteiger partial charge >= 0.3 is 0 Å². The van der Waals surface area contributed by atoms with Gasteiger partial charge in [0.25, 0.3) is 14.2 Å². The fourth-order valence-electron chi connectivity index (χ4n) is 6.24. The van der Waals surface area contributed by atoms with Gasteiger partial charge in [-0.3, -0.25) is 9.59 Å². The minimum Gasteiger partial charge on any atom is -0.540 e. The minimum atomic E-state index is -2.29. The molecule has 0 spiro atoms. The topological polar surface area (TPSA) is 77.1 Å². The van der Waals surface area contributed by atoms with Crippen molar-refractivity contribution in [2.24, 2.45) is 0 Å². The van der Waals surface area contributed by atoms with E-state index in [0.29, 0.717) is 52.3 Å². The van der Waals surface area contributed by atoms with Crippen molar-refractivity contribution in [1.29, 1.82) is 0 Å². The molecule has 2 fully saturated rings. The minimum absolute atomic E-state index is 0.0534. The maximum Gasteiger partial charge on any atom is 0.258 e. The van der Waals surface area contributed by atoms with E-state index in [9.17, 15) is 9.59 Å². The van der Waals surface area contributed by atoms with Crippen molar-refractivity contribution in [3.05, 3.63) is 17.7 Å². The van der Waals surface area contributed by atoms with Crippen LogP contribution in [0.3, 0.4) is 0 Å². The van der Waals surface area contributed by atoms with Gasteiger partial charge < -0.3 is 23.8 Å². The molecule has 1 saturated carbocycles. The number of hydrogen-bond acceptors (Lipinski definition) is 5. The molecule has 3 aliphatic rings. The maximum absolute atomic E-state index is 13.9. The summed E-state index contributed by atoms with van der Waals surface area (Å²) in [6.07, 6.45) is 2.52. The van der Waals surface area contributed by atoms with E-state index >= 15 is 0 Å². The number of fused-ring (bicyclic) bond motifs is 2. The molecule has 0 radical (unpaired) electrons. The molecular weight excluding hydrogens is 525 g/mol. The smallest absolute Gasteiger partial charge is 0.258 e. The highest BCUT2D eigenvalue weighted by Crippen LogP contribution is 2.48. The molecule has 4 rings (SSSR count). The van der Waals surface area contributed by atoms with E-state index < -0.39 is 22.7 Å². The van der Waals surface area contributed by atoms with E-state index in [1.165, 1.54) is 0 Å². The summed E-state index contributed by atoms with van der Waals surface area (Å²) in [4.78, 5) is 29.1. The molecule has 2 heterocycles. The molecule has 9 heteroatoms. The van der Waals surface area contributed by atoms with E-state index in [0.717, 1.165) is 12.8 Å². The maximum atomic E-state index is 13.9. The van der Waals surface area contributed by atoms with Crippen LogP contribution < -0.4 is 14.5 Å². The second-order valence-electron chi connectivity index (χ2n) is 14.3. The summed E-state index contributed by atoms with van der Waals surface area (Å²) in [5, 5.41) is 3.14. The van der Waals surface area contributed by atoms with Crippen LogP contribution >= 0.6 is 0 Å². The van der Waals surface area contributed by atoms with Crippen molar-refractivity contribution in [2.45, 2.75) is 135 Å². The fraction of sp³-hybridized carbons (Fsp3) is 0.733. The highest BCUT2D eigenvalue weighted by atomic mass is 28.4. The first-order valence-electron chi connectivity index (χ1n) is 14.8. The number of nitrogens with one attached hydrogen (secondary N) is 1. The van der Waals surface area contributed by atoms with Crippen molar-refractivity contribution in [2.75, 3.05) is 11.9 Å². The highest BCUT2D eigenvalue weighted by Gasteiger charge is 2.49. The molecule has 1 aromatic rings. The van der Waals surface area contributed by atoms with Crippen LogP contribution in [0.1, 0.15) is 91.9 Å².